The van der Waals surface area contributed by atoms with Gasteiger partial charge in [0.1, 0.15) is 5.75 Å². The van der Waals surface area contributed by atoms with Crippen LogP contribution in [-0.2, 0) is 11.0 Å². The molecule has 1 aromatic heterocycles. The highest BCUT2D eigenvalue weighted by Gasteiger charge is 2.13. The molecule has 0 aliphatic rings. The van der Waals surface area contributed by atoms with Crippen LogP contribution in [0.1, 0.15) is 25.8 Å². The fourth-order valence-electron chi connectivity index (χ4n) is 2.06. The summed E-state index contributed by atoms with van der Waals surface area (Å²) in [7, 11) is -4.79. The van der Waals surface area contributed by atoms with Crippen LogP contribution in [0.5, 0.6) is 5.75 Å². The number of nitrogens with one attached hydrogen (secondary N) is 1. The van der Waals surface area contributed by atoms with Crippen molar-refractivity contribution >= 4 is 18.7 Å². The lowest BCUT2D eigenvalue weighted by Gasteiger charge is -2.17. The van der Waals surface area contributed by atoms with E-state index >= 15 is 0 Å². The zero-order valence-electron chi connectivity index (χ0n) is 10.9. The van der Waals surface area contributed by atoms with Crippen LogP contribution in [0.25, 0.3) is 10.9 Å². The van der Waals surface area contributed by atoms with Gasteiger partial charge >= 0.3 is 7.82 Å². The predicted octanol–water partition coefficient (Wildman–Crippen LogP) is 2.60. The average molecular weight is 282 g/mol. The van der Waals surface area contributed by atoms with Gasteiger partial charge in [0.15, 0.2) is 0 Å². The number of aromatic nitrogens is 1. The molecule has 0 saturated heterocycles. The standard InChI is InChI=1S/C13H18NO4P/c1-9(2)6-7-10-8-14-11-4-3-5-12(13(10)11)18-19(15,16)17/h3-5,8-9,14H,6-7H2,1-2H3,(H2,15,16,17)/p-1. The second kappa shape index (κ2) is 5.37. The third-order valence-electron chi connectivity index (χ3n) is 2.95. The zero-order valence-corrected chi connectivity index (χ0v) is 11.8. The Morgan fingerprint density at radius 3 is 2.84 bits per heavy atom. The molecule has 2 rings (SSSR count). The van der Waals surface area contributed by atoms with Gasteiger partial charge in [-0.15, -0.1) is 0 Å². The third kappa shape index (κ3) is 3.60. The smallest absolute Gasteiger partial charge is 0.317 e. The molecule has 5 nitrogen and oxygen atoms in total. The van der Waals surface area contributed by atoms with Gasteiger partial charge in [-0.2, -0.15) is 0 Å². The van der Waals surface area contributed by atoms with E-state index in [1.807, 2.05) is 12.3 Å². The number of hydrogen-bond donors (Lipinski definition) is 2. The second-order valence-electron chi connectivity index (χ2n) is 4.98. The van der Waals surface area contributed by atoms with Crippen LogP contribution >= 0.6 is 7.82 Å². The van der Waals surface area contributed by atoms with E-state index in [1.165, 1.54) is 6.07 Å². The number of H-pyrrole nitrogens is 1. The summed E-state index contributed by atoms with van der Waals surface area (Å²) in [5.74, 6) is 0.722. The molecule has 0 saturated carbocycles. The van der Waals surface area contributed by atoms with Crippen molar-refractivity contribution in [3.63, 3.8) is 0 Å². The molecular weight excluding hydrogens is 265 g/mol. The Balaban J connectivity index is 2.40. The van der Waals surface area contributed by atoms with E-state index in [9.17, 15) is 9.46 Å². The number of hydrogen-bond acceptors (Lipinski definition) is 3. The average Bonchev–Trinajstić information content (AvgIpc) is 2.68. The number of aromatic amines is 1. The Morgan fingerprint density at radius 1 is 1.47 bits per heavy atom. The van der Waals surface area contributed by atoms with E-state index in [4.69, 9.17) is 4.89 Å². The molecule has 1 heterocycles. The first-order chi connectivity index (χ1) is 8.87. The quantitative estimate of drug-likeness (QED) is 0.825. The summed E-state index contributed by atoms with van der Waals surface area (Å²) in [6.07, 6.45) is 3.68. The van der Waals surface area contributed by atoms with Crippen molar-refractivity contribution in [1.82, 2.24) is 4.98 Å². The van der Waals surface area contributed by atoms with Gasteiger partial charge in [-0.1, -0.05) is 19.9 Å². The van der Waals surface area contributed by atoms with Crippen LogP contribution in [0.15, 0.2) is 24.4 Å². The Hall–Kier alpha value is -1.29. The largest absolute Gasteiger partial charge is 0.746 e. The monoisotopic (exact) mass is 282 g/mol. The van der Waals surface area contributed by atoms with Crippen LogP contribution in [0.2, 0.25) is 0 Å². The van der Waals surface area contributed by atoms with Crippen molar-refractivity contribution in [2.45, 2.75) is 26.7 Å². The Kier molecular flexibility index (Phi) is 3.99. The van der Waals surface area contributed by atoms with Crippen molar-refractivity contribution in [3.8, 4) is 5.75 Å². The molecule has 104 valence electrons. The molecule has 0 amide bonds. The molecule has 1 aromatic carbocycles. The summed E-state index contributed by atoms with van der Waals surface area (Å²) < 4.78 is 15.6. The lowest BCUT2D eigenvalue weighted by atomic mass is 10.0. The normalized spacial score (nSPS) is 14.8. The summed E-state index contributed by atoms with van der Waals surface area (Å²) in [6, 6.07) is 5.06. The van der Waals surface area contributed by atoms with E-state index in [2.05, 4.69) is 23.4 Å². The fourth-order valence-corrected chi connectivity index (χ4v) is 2.46. The highest BCUT2D eigenvalue weighted by atomic mass is 31.2. The Labute approximate surface area is 111 Å². The summed E-state index contributed by atoms with van der Waals surface area (Å²) in [5, 5.41) is 0.716. The molecule has 1 unspecified atom stereocenters. The van der Waals surface area contributed by atoms with Gasteiger partial charge in [-0.3, -0.25) is 4.57 Å². The lowest BCUT2D eigenvalue weighted by Crippen LogP contribution is -2.06. The molecule has 0 radical (unpaired) electrons. The summed E-state index contributed by atoms with van der Waals surface area (Å²) in [5.41, 5.74) is 1.79. The Morgan fingerprint density at radius 2 is 2.21 bits per heavy atom. The van der Waals surface area contributed by atoms with Gasteiger partial charge < -0.3 is 19.3 Å². The molecule has 19 heavy (non-hydrogen) atoms. The Bertz CT molecular complexity index is 614. The highest BCUT2D eigenvalue weighted by Crippen LogP contribution is 2.39. The van der Waals surface area contributed by atoms with Crippen LogP contribution in [0.3, 0.4) is 0 Å². The SMILES string of the molecule is CC(C)CCc1c[nH]c2cccc(OP(=O)([O-])O)c12. The number of rotatable bonds is 5. The highest BCUT2D eigenvalue weighted by molar-refractivity contribution is 7.45. The van der Waals surface area contributed by atoms with Crippen LogP contribution in [0.4, 0.5) is 0 Å². The first kappa shape index (κ1) is 14.1. The van der Waals surface area contributed by atoms with Gasteiger partial charge in [0.05, 0.1) is 0 Å². The number of aryl methyl sites for hydroxylation is 1. The minimum absolute atomic E-state index is 0.165. The second-order valence-corrected chi connectivity index (χ2v) is 6.10. The third-order valence-corrected chi connectivity index (χ3v) is 3.38. The summed E-state index contributed by atoms with van der Waals surface area (Å²) >= 11 is 0. The molecule has 6 heteroatoms. The van der Waals surface area contributed by atoms with Gasteiger partial charge in [0, 0.05) is 17.1 Å². The molecular formula is C13H17NO4P-. The molecule has 1 atom stereocenters. The maximum Gasteiger partial charge on any atom is 0.317 e. The topological polar surface area (TPSA) is 85.4 Å². The van der Waals surface area contributed by atoms with Gasteiger partial charge in [-0.25, -0.2) is 0 Å². The predicted molar refractivity (Wildman–Crippen MR) is 71.9 cm³/mol. The first-order valence-corrected chi connectivity index (χ1v) is 7.69. The van der Waals surface area contributed by atoms with Crippen LogP contribution in [0, 0.1) is 5.92 Å². The maximum atomic E-state index is 10.9. The molecule has 0 aliphatic carbocycles. The number of phosphoric ester groups is 1. The zero-order chi connectivity index (χ0) is 14.0. The van der Waals surface area contributed by atoms with Crippen molar-refractivity contribution in [3.05, 3.63) is 30.0 Å². The van der Waals surface area contributed by atoms with Gasteiger partial charge in [0.2, 0.25) is 0 Å². The molecule has 0 fully saturated rings. The van der Waals surface area contributed by atoms with Crippen molar-refractivity contribution in [2.75, 3.05) is 0 Å². The fraction of sp³-hybridized carbons (Fsp3) is 0.385. The maximum absolute atomic E-state index is 10.9. The number of fused-ring (bicyclic) bond motifs is 1. The van der Waals surface area contributed by atoms with Gasteiger partial charge in [0.25, 0.3) is 0 Å². The van der Waals surface area contributed by atoms with E-state index < -0.39 is 7.82 Å². The molecule has 0 aliphatic heterocycles. The van der Waals surface area contributed by atoms with E-state index in [1.54, 1.807) is 6.07 Å². The summed E-state index contributed by atoms with van der Waals surface area (Å²) in [6.45, 7) is 4.26. The molecule has 0 bridgehead atoms. The minimum atomic E-state index is -4.79. The minimum Gasteiger partial charge on any atom is -0.746 e. The van der Waals surface area contributed by atoms with Crippen molar-refractivity contribution in [2.24, 2.45) is 5.92 Å². The lowest BCUT2D eigenvalue weighted by molar-refractivity contribution is -0.211. The van der Waals surface area contributed by atoms with E-state index in [0.29, 0.717) is 11.3 Å². The molecule has 0 spiro atoms. The van der Waals surface area contributed by atoms with Crippen LogP contribution < -0.4 is 9.42 Å². The first-order valence-electron chi connectivity index (χ1n) is 6.19. The molecule has 2 aromatic rings. The molecule has 2 N–H and O–H groups in total. The summed E-state index contributed by atoms with van der Waals surface area (Å²) in [4.78, 5) is 22.8. The number of phosphoric acid groups is 1. The van der Waals surface area contributed by atoms with Crippen molar-refractivity contribution < 1.29 is 18.9 Å². The van der Waals surface area contributed by atoms with Gasteiger partial charge in [-0.05, 0) is 36.5 Å². The van der Waals surface area contributed by atoms with Crippen molar-refractivity contribution in [1.29, 1.82) is 0 Å². The number of benzene rings is 1. The van der Waals surface area contributed by atoms with E-state index in [0.717, 1.165) is 23.9 Å². The van der Waals surface area contributed by atoms with E-state index in [-0.39, 0.29) is 5.75 Å². The van der Waals surface area contributed by atoms with Crippen LogP contribution in [-0.4, -0.2) is 9.88 Å².